The summed E-state index contributed by atoms with van der Waals surface area (Å²) in [7, 11) is 1.63. The number of nitrogens with zero attached hydrogens (tertiary/aromatic N) is 4. The monoisotopic (exact) mass is 364 g/mol. The van der Waals surface area contributed by atoms with Crippen LogP contribution in [0.25, 0.3) is 22.5 Å². The first-order chi connectivity index (χ1) is 12.7. The van der Waals surface area contributed by atoms with E-state index in [-0.39, 0.29) is 0 Å². The maximum Gasteiger partial charge on any atom is 0.247 e. The third-order valence-electron chi connectivity index (χ3n) is 3.84. The van der Waals surface area contributed by atoms with Crippen LogP contribution in [0.4, 0.5) is 0 Å². The molecule has 0 saturated carbocycles. The second-order valence-electron chi connectivity index (χ2n) is 5.62. The third-order valence-corrected chi connectivity index (χ3v) is 4.89. The number of rotatable bonds is 5. The lowest BCUT2D eigenvalue weighted by atomic mass is 10.2. The molecule has 0 fully saturated rings. The Bertz CT molecular complexity index is 1050. The summed E-state index contributed by atoms with van der Waals surface area (Å²) >= 11 is 1.54. The van der Waals surface area contributed by atoms with Crippen molar-refractivity contribution in [1.82, 2.24) is 20.2 Å². The number of hydrogen-bond acceptors (Lipinski definition) is 7. The smallest absolute Gasteiger partial charge is 0.247 e. The molecule has 2 aromatic carbocycles. The lowest BCUT2D eigenvalue weighted by molar-refractivity contribution is 0.415. The molecule has 6 nitrogen and oxygen atoms in total. The normalized spacial score (nSPS) is 11.0. The zero-order valence-corrected chi connectivity index (χ0v) is 15.2. The molecule has 0 spiro atoms. The highest BCUT2D eigenvalue weighted by molar-refractivity contribution is 7.98. The van der Waals surface area contributed by atoms with Crippen LogP contribution >= 0.6 is 11.8 Å². The van der Waals surface area contributed by atoms with E-state index in [1.54, 1.807) is 7.11 Å². The van der Waals surface area contributed by atoms with Gasteiger partial charge in [-0.15, -0.1) is 10.2 Å². The number of methoxy groups -OCH3 is 1. The Morgan fingerprint density at radius 2 is 1.69 bits per heavy atom. The van der Waals surface area contributed by atoms with Crippen molar-refractivity contribution in [2.45, 2.75) is 17.7 Å². The molecule has 2 heterocycles. The van der Waals surface area contributed by atoms with Gasteiger partial charge in [-0.25, -0.2) is 9.97 Å². The van der Waals surface area contributed by atoms with Gasteiger partial charge in [0.25, 0.3) is 0 Å². The molecule has 4 aromatic rings. The molecule has 0 saturated heterocycles. The minimum Gasteiger partial charge on any atom is -0.497 e. The number of para-hydroxylation sites is 2. The standard InChI is InChI=1S/C19H16N4O2S/c1-12-19(21-16-6-4-3-5-15(16)20-12)26-11-17-22-23-18(25-17)13-7-9-14(24-2)10-8-13/h3-10H,11H2,1-2H3. The average Bonchev–Trinajstić information content (AvgIpc) is 3.15. The van der Waals surface area contributed by atoms with Crippen LogP contribution in [0.15, 0.2) is 58.0 Å². The number of benzene rings is 2. The molecular formula is C19H16N4O2S. The number of thioether (sulfide) groups is 1. The highest BCUT2D eigenvalue weighted by Crippen LogP contribution is 2.27. The van der Waals surface area contributed by atoms with Gasteiger partial charge in [0.15, 0.2) is 0 Å². The molecule has 0 atom stereocenters. The van der Waals surface area contributed by atoms with Crippen LogP contribution in [0.5, 0.6) is 5.75 Å². The minimum absolute atomic E-state index is 0.490. The van der Waals surface area contributed by atoms with E-state index >= 15 is 0 Å². The lowest BCUT2D eigenvalue weighted by Crippen LogP contribution is -1.93. The van der Waals surface area contributed by atoms with Crippen LogP contribution in [0, 0.1) is 6.92 Å². The first-order valence-electron chi connectivity index (χ1n) is 8.06. The second kappa shape index (κ2) is 7.13. The van der Waals surface area contributed by atoms with E-state index in [1.807, 2.05) is 55.5 Å². The topological polar surface area (TPSA) is 73.9 Å². The highest BCUT2D eigenvalue weighted by atomic mass is 32.2. The predicted octanol–water partition coefficient (Wildman–Crippen LogP) is 4.29. The van der Waals surface area contributed by atoms with Crippen molar-refractivity contribution < 1.29 is 9.15 Å². The van der Waals surface area contributed by atoms with Gasteiger partial charge in [0.05, 0.1) is 29.6 Å². The number of hydrogen-bond donors (Lipinski definition) is 0. The Morgan fingerprint density at radius 1 is 0.962 bits per heavy atom. The van der Waals surface area contributed by atoms with Gasteiger partial charge in [0, 0.05) is 5.56 Å². The van der Waals surface area contributed by atoms with E-state index in [1.165, 1.54) is 11.8 Å². The van der Waals surface area contributed by atoms with Gasteiger partial charge in [0.1, 0.15) is 10.8 Å². The lowest BCUT2D eigenvalue weighted by Gasteiger charge is -2.04. The Hall–Kier alpha value is -2.93. The minimum atomic E-state index is 0.490. The molecule has 0 radical (unpaired) electrons. The summed E-state index contributed by atoms with van der Waals surface area (Å²) < 4.78 is 10.9. The van der Waals surface area contributed by atoms with Crippen LogP contribution < -0.4 is 4.74 Å². The van der Waals surface area contributed by atoms with Gasteiger partial charge in [0.2, 0.25) is 11.8 Å². The Kier molecular flexibility index (Phi) is 4.53. The quantitative estimate of drug-likeness (QED) is 0.489. The SMILES string of the molecule is COc1ccc(-c2nnc(CSc3nc4ccccc4nc3C)o2)cc1. The molecule has 0 aliphatic heterocycles. The average molecular weight is 364 g/mol. The van der Waals surface area contributed by atoms with E-state index in [2.05, 4.69) is 20.2 Å². The van der Waals surface area contributed by atoms with E-state index < -0.39 is 0 Å². The largest absolute Gasteiger partial charge is 0.497 e. The van der Waals surface area contributed by atoms with Gasteiger partial charge in [-0.1, -0.05) is 23.9 Å². The third kappa shape index (κ3) is 3.39. The van der Waals surface area contributed by atoms with Gasteiger partial charge < -0.3 is 9.15 Å². The maximum atomic E-state index is 5.76. The predicted molar refractivity (Wildman–Crippen MR) is 100 cm³/mol. The van der Waals surface area contributed by atoms with Crippen LogP contribution in [0.1, 0.15) is 11.6 Å². The summed E-state index contributed by atoms with van der Waals surface area (Å²) in [5.74, 6) is 2.37. The number of ether oxygens (including phenoxy) is 1. The molecule has 0 aliphatic carbocycles. The Labute approximate surface area is 154 Å². The highest BCUT2D eigenvalue weighted by Gasteiger charge is 2.11. The summed E-state index contributed by atoms with van der Waals surface area (Å²) in [6.45, 7) is 1.96. The molecule has 2 aromatic heterocycles. The van der Waals surface area contributed by atoms with E-state index in [4.69, 9.17) is 9.15 Å². The van der Waals surface area contributed by atoms with Crippen molar-refractivity contribution >= 4 is 22.8 Å². The van der Waals surface area contributed by atoms with Gasteiger partial charge in [-0.3, -0.25) is 0 Å². The van der Waals surface area contributed by atoms with E-state index in [0.29, 0.717) is 17.5 Å². The van der Waals surface area contributed by atoms with Crippen LogP contribution in [0.3, 0.4) is 0 Å². The summed E-state index contributed by atoms with van der Waals surface area (Å²) in [5.41, 5.74) is 3.53. The zero-order valence-electron chi connectivity index (χ0n) is 14.3. The van der Waals surface area contributed by atoms with E-state index in [9.17, 15) is 0 Å². The van der Waals surface area contributed by atoms with Crippen molar-refractivity contribution in [2.24, 2.45) is 0 Å². The second-order valence-corrected chi connectivity index (χ2v) is 6.59. The van der Waals surface area contributed by atoms with E-state index in [0.717, 1.165) is 33.1 Å². The molecule has 7 heteroatoms. The molecule has 130 valence electrons. The molecular weight excluding hydrogens is 348 g/mol. The molecule has 26 heavy (non-hydrogen) atoms. The molecule has 0 aliphatic rings. The van der Waals surface area contributed by atoms with Crippen molar-refractivity contribution in [2.75, 3.05) is 7.11 Å². The zero-order chi connectivity index (χ0) is 17.9. The summed E-state index contributed by atoms with van der Waals surface area (Å²) in [4.78, 5) is 9.27. The molecule has 0 N–H and O–H groups in total. The fourth-order valence-corrected chi connectivity index (χ4v) is 3.30. The first-order valence-corrected chi connectivity index (χ1v) is 9.04. The van der Waals surface area contributed by atoms with Gasteiger partial charge in [-0.05, 0) is 43.3 Å². The molecule has 0 amide bonds. The first kappa shape index (κ1) is 16.5. The van der Waals surface area contributed by atoms with Crippen LogP contribution in [0.2, 0.25) is 0 Å². The maximum absolute atomic E-state index is 5.76. The molecule has 0 bridgehead atoms. The summed E-state index contributed by atoms with van der Waals surface area (Å²) in [6, 6.07) is 15.3. The Morgan fingerprint density at radius 3 is 2.42 bits per heavy atom. The molecule has 4 rings (SSSR count). The fraction of sp³-hybridized carbons (Fsp3) is 0.158. The molecule has 0 unspecified atom stereocenters. The number of aromatic nitrogens is 4. The Balaban J connectivity index is 1.50. The summed E-state index contributed by atoms with van der Waals surface area (Å²) in [5, 5.41) is 9.11. The van der Waals surface area contributed by atoms with Crippen molar-refractivity contribution in [3.8, 4) is 17.2 Å². The van der Waals surface area contributed by atoms with Crippen LogP contribution in [-0.4, -0.2) is 27.3 Å². The van der Waals surface area contributed by atoms with Gasteiger partial charge in [-0.2, -0.15) is 0 Å². The van der Waals surface area contributed by atoms with Crippen molar-refractivity contribution in [3.05, 3.63) is 60.1 Å². The number of aryl methyl sites for hydroxylation is 1. The van der Waals surface area contributed by atoms with Gasteiger partial charge >= 0.3 is 0 Å². The number of fused-ring (bicyclic) bond motifs is 1. The van der Waals surface area contributed by atoms with Crippen molar-refractivity contribution in [1.29, 1.82) is 0 Å². The summed E-state index contributed by atoms with van der Waals surface area (Å²) in [6.07, 6.45) is 0. The fourth-order valence-electron chi connectivity index (χ4n) is 2.50. The van der Waals surface area contributed by atoms with Crippen molar-refractivity contribution in [3.63, 3.8) is 0 Å². The van der Waals surface area contributed by atoms with Crippen LogP contribution in [-0.2, 0) is 5.75 Å².